The van der Waals surface area contributed by atoms with Crippen LogP contribution in [0.2, 0.25) is 0 Å². The molecule has 1 rings (SSSR count). The Morgan fingerprint density at radius 1 is 1.60 bits per heavy atom. The Morgan fingerprint density at radius 2 is 2.20 bits per heavy atom. The fraction of sp³-hybridized carbons (Fsp3) is 1.00. The second-order valence-electron chi connectivity index (χ2n) is 3.81. The van der Waals surface area contributed by atoms with E-state index < -0.39 is 25.8 Å². The van der Waals surface area contributed by atoms with Gasteiger partial charge in [-0.2, -0.15) is 0 Å². The highest BCUT2D eigenvalue weighted by molar-refractivity contribution is 7.54. The maximum atomic E-state index is 11.0. The number of nitrogens with one attached hydrogen (secondary N) is 1. The predicted octanol–water partition coefficient (Wildman–Crippen LogP) is -0.446. The lowest BCUT2D eigenvalue weighted by atomic mass is 10.1. The number of aliphatic hydroxyl groups is 1. The van der Waals surface area contributed by atoms with Crippen molar-refractivity contribution >= 4 is 7.52 Å². The first-order valence-electron chi connectivity index (χ1n) is 4.77. The molecule has 1 saturated heterocycles. The van der Waals surface area contributed by atoms with E-state index in [0.717, 1.165) is 0 Å². The number of aliphatic hydroxyl groups excluding tert-OH is 1. The molecule has 7 heteroatoms. The van der Waals surface area contributed by atoms with Crippen LogP contribution in [0.4, 0.5) is 0 Å². The van der Waals surface area contributed by atoms with Gasteiger partial charge in [-0.05, 0) is 6.92 Å². The molecule has 0 aliphatic carbocycles. The summed E-state index contributed by atoms with van der Waals surface area (Å²) in [5.41, 5.74) is 0. The second-order valence-corrected chi connectivity index (χ2v) is 5.89. The van der Waals surface area contributed by atoms with Crippen LogP contribution < -0.4 is 5.09 Å². The van der Waals surface area contributed by atoms with Crippen LogP contribution in [-0.2, 0) is 14.0 Å². The molecule has 5 atom stereocenters. The molecule has 0 spiro atoms. The lowest BCUT2D eigenvalue weighted by molar-refractivity contribution is -0.00822. The molecular weight excluding hydrogens is 221 g/mol. The van der Waals surface area contributed by atoms with Gasteiger partial charge in [0.1, 0.15) is 12.2 Å². The molecule has 2 unspecified atom stereocenters. The van der Waals surface area contributed by atoms with Crippen molar-refractivity contribution in [2.24, 2.45) is 0 Å². The van der Waals surface area contributed by atoms with Crippen molar-refractivity contribution in [3.8, 4) is 0 Å². The summed E-state index contributed by atoms with van der Waals surface area (Å²) in [5.74, 6) is 0. The maximum Gasteiger partial charge on any atom is 0.264 e. The Morgan fingerprint density at radius 3 is 2.67 bits per heavy atom. The van der Waals surface area contributed by atoms with Gasteiger partial charge in [-0.3, -0.25) is 4.57 Å². The van der Waals surface area contributed by atoms with E-state index in [4.69, 9.17) is 14.4 Å². The highest BCUT2D eigenvalue weighted by Gasteiger charge is 2.41. The highest BCUT2D eigenvalue weighted by Crippen LogP contribution is 2.30. The van der Waals surface area contributed by atoms with Gasteiger partial charge in [0.15, 0.2) is 0 Å². The first-order chi connectivity index (χ1) is 6.85. The molecule has 0 bridgehead atoms. The maximum absolute atomic E-state index is 11.0. The van der Waals surface area contributed by atoms with Gasteiger partial charge < -0.3 is 19.5 Å². The fourth-order valence-corrected chi connectivity index (χ4v) is 2.15. The number of ether oxygens (including phenoxy) is 2. The van der Waals surface area contributed by atoms with Gasteiger partial charge in [0.05, 0.1) is 12.2 Å². The third kappa shape index (κ3) is 3.52. The Labute approximate surface area is 89.1 Å². The summed E-state index contributed by atoms with van der Waals surface area (Å²) in [7, 11) is -1.78. The molecule has 0 aromatic carbocycles. The van der Waals surface area contributed by atoms with Crippen LogP contribution in [-0.4, -0.2) is 54.7 Å². The molecule has 15 heavy (non-hydrogen) atoms. The normalized spacial score (nSPS) is 40.3. The Hall–Kier alpha value is 0.0300. The minimum atomic E-state index is -3.26. The van der Waals surface area contributed by atoms with Crippen molar-refractivity contribution < 1.29 is 24.0 Å². The van der Waals surface area contributed by atoms with Crippen molar-refractivity contribution in [1.82, 2.24) is 5.09 Å². The van der Waals surface area contributed by atoms with E-state index in [9.17, 15) is 9.67 Å². The monoisotopic (exact) mass is 239 g/mol. The minimum Gasteiger partial charge on any atom is -0.388 e. The van der Waals surface area contributed by atoms with Crippen molar-refractivity contribution in [2.75, 3.05) is 20.3 Å². The first kappa shape index (κ1) is 13.1. The lowest BCUT2D eigenvalue weighted by Gasteiger charge is -2.19. The zero-order chi connectivity index (χ0) is 11.6. The SMILES string of the molecule is COC1[C@@H](CNP(C)(=O)O)O[C@@H](C)[C@H]1O. The van der Waals surface area contributed by atoms with Crippen molar-refractivity contribution in [1.29, 1.82) is 0 Å². The fourth-order valence-electron chi connectivity index (χ4n) is 1.64. The average molecular weight is 239 g/mol. The molecule has 0 saturated carbocycles. The summed E-state index contributed by atoms with van der Waals surface area (Å²) in [4.78, 5) is 9.05. The van der Waals surface area contributed by atoms with Gasteiger partial charge in [-0.15, -0.1) is 0 Å². The van der Waals surface area contributed by atoms with E-state index >= 15 is 0 Å². The molecule has 1 aliphatic heterocycles. The quantitative estimate of drug-likeness (QED) is 0.576. The number of methoxy groups -OCH3 is 1. The highest BCUT2D eigenvalue weighted by atomic mass is 31.2. The number of hydrogen-bond acceptors (Lipinski definition) is 4. The standard InChI is InChI=1S/C8H18NO5P/c1-5-7(10)8(13-2)6(14-5)4-9-15(3,11)12/h5-8,10H,4H2,1-3H3,(H2,9,11,12)/t5-,6+,7+,8?/m0/s1. The van der Waals surface area contributed by atoms with Crippen molar-refractivity contribution in [3.05, 3.63) is 0 Å². The second kappa shape index (κ2) is 4.91. The Balaban J connectivity index is 2.52. The molecule has 1 heterocycles. The summed E-state index contributed by atoms with van der Waals surface area (Å²) in [5, 5.41) is 12.1. The third-order valence-corrected chi connectivity index (χ3v) is 3.20. The minimum absolute atomic E-state index is 0.185. The van der Waals surface area contributed by atoms with Gasteiger partial charge >= 0.3 is 0 Å². The molecule has 6 nitrogen and oxygen atoms in total. The van der Waals surface area contributed by atoms with Crippen LogP contribution in [0.25, 0.3) is 0 Å². The van der Waals surface area contributed by atoms with Crippen molar-refractivity contribution in [2.45, 2.75) is 31.3 Å². The van der Waals surface area contributed by atoms with Crippen LogP contribution in [0, 0.1) is 0 Å². The van der Waals surface area contributed by atoms with Crippen LogP contribution in [0.3, 0.4) is 0 Å². The zero-order valence-corrected chi connectivity index (χ0v) is 9.98. The molecule has 0 aromatic rings. The molecule has 0 radical (unpaired) electrons. The third-order valence-electron chi connectivity index (χ3n) is 2.43. The van der Waals surface area contributed by atoms with E-state index in [1.165, 1.54) is 13.8 Å². The van der Waals surface area contributed by atoms with E-state index in [1.807, 2.05) is 0 Å². The Bertz CT molecular complexity index is 255. The van der Waals surface area contributed by atoms with Crippen LogP contribution in [0.15, 0.2) is 0 Å². The molecule has 3 N–H and O–H groups in total. The van der Waals surface area contributed by atoms with Gasteiger partial charge in [0, 0.05) is 20.3 Å². The summed E-state index contributed by atoms with van der Waals surface area (Å²) in [6.45, 7) is 3.13. The summed E-state index contributed by atoms with van der Waals surface area (Å²) < 4.78 is 21.5. The summed E-state index contributed by atoms with van der Waals surface area (Å²) in [6.07, 6.45) is -1.88. The smallest absolute Gasteiger partial charge is 0.264 e. The molecule has 0 aromatic heterocycles. The van der Waals surface area contributed by atoms with E-state index in [1.54, 1.807) is 6.92 Å². The molecular formula is C8H18NO5P. The lowest BCUT2D eigenvalue weighted by Crippen LogP contribution is -2.38. The topological polar surface area (TPSA) is 88.0 Å². The largest absolute Gasteiger partial charge is 0.388 e. The average Bonchev–Trinajstić information content (AvgIpc) is 2.38. The molecule has 0 amide bonds. The summed E-state index contributed by atoms with van der Waals surface area (Å²) in [6, 6.07) is 0. The van der Waals surface area contributed by atoms with Gasteiger partial charge in [0.25, 0.3) is 7.52 Å². The number of rotatable bonds is 4. The van der Waals surface area contributed by atoms with Gasteiger partial charge in [-0.25, -0.2) is 5.09 Å². The zero-order valence-electron chi connectivity index (χ0n) is 9.08. The van der Waals surface area contributed by atoms with Crippen molar-refractivity contribution in [3.63, 3.8) is 0 Å². The molecule has 1 aliphatic rings. The van der Waals surface area contributed by atoms with Gasteiger partial charge in [0.2, 0.25) is 0 Å². The van der Waals surface area contributed by atoms with Crippen LogP contribution >= 0.6 is 7.52 Å². The van der Waals surface area contributed by atoms with Crippen LogP contribution in [0.5, 0.6) is 0 Å². The Kier molecular flexibility index (Phi) is 4.29. The van der Waals surface area contributed by atoms with E-state index in [-0.39, 0.29) is 12.6 Å². The van der Waals surface area contributed by atoms with Crippen LogP contribution in [0.1, 0.15) is 6.92 Å². The first-order valence-corrected chi connectivity index (χ1v) is 6.87. The van der Waals surface area contributed by atoms with Gasteiger partial charge in [-0.1, -0.05) is 0 Å². The molecule has 1 fully saturated rings. The number of hydrogen-bond donors (Lipinski definition) is 3. The molecule has 90 valence electrons. The van der Waals surface area contributed by atoms with E-state index in [2.05, 4.69) is 5.09 Å². The summed E-state index contributed by atoms with van der Waals surface area (Å²) >= 11 is 0. The predicted molar refractivity (Wildman–Crippen MR) is 54.9 cm³/mol. The van der Waals surface area contributed by atoms with E-state index in [0.29, 0.717) is 0 Å².